The molecule has 2 nitrogen and oxygen atoms in total. The van der Waals surface area contributed by atoms with Gasteiger partial charge in [0, 0.05) is 11.1 Å². The molecule has 17 heavy (non-hydrogen) atoms. The summed E-state index contributed by atoms with van der Waals surface area (Å²) in [5, 5.41) is 10.3. The van der Waals surface area contributed by atoms with E-state index < -0.39 is 11.9 Å². The molecule has 0 aromatic heterocycles. The molecular formula is C13H19ClFNO. The van der Waals surface area contributed by atoms with Gasteiger partial charge >= 0.3 is 0 Å². The second kappa shape index (κ2) is 5.34. The number of aliphatic hydroxyl groups is 1. The maximum absolute atomic E-state index is 12.9. The Morgan fingerprint density at radius 1 is 1.41 bits per heavy atom. The number of rotatable bonds is 3. The molecule has 0 unspecified atom stereocenters. The van der Waals surface area contributed by atoms with Gasteiger partial charge in [-0.3, -0.25) is 0 Å². The van der Waals surface area contributed by atoms with E-state index in [1.807, 2.05) is 20.8 Å². The normalized spacial score (nSPS) is 15.7. The molecule has 3 N–H and O–H groups in total. The summed E-state index contributed by atoms with van der Waals surface area (Å²) in [5.41, 5.74) is 6.42. The summed E-state index contributed by atoms with van der Waals surface area (Å²) < 4.78 is 12.9. The third kappa shape index (κ3) is 3.95. The third-order valence-corrected chi connectivity index (χ3v) is 3.24. The minimum absolute atomic E-state index is 0.0898. The lowest BCUT2D eigenvalue weighted by Gasteiger charge is -2.29. The van der Waals surface area contributed by atoms with Crippen molar-refractivity contribution in [3.8, 4) is 0 Å². The van der Waals surface area contributed by atoms with Gasteiger partial charge in [0.05, 0.1) is 6.10 Å². The number of nitrogens with two attached hydrogens (primary N) is 1. The fraction of sp³-hybridized carbons (Fsp3) is 0.538. The smallest absolute Gasteiger partial charge is 0.124 e. The highest BCUT2D eigenvalue weighted by Gasteiger charge is 2.24. The van der Waals surface area contributed by atoms with Gasteiger partial charge < -0.3 is 10.8 Å². The highest BCUT2D eigenvalue weighted by Crippen LogP contribution is 2.30. The summed E-state index contributed by atoms with van der Waals surface area (Å²) in [6, 6.07) is 3.83. The van der Waals surface area contributed by atoms with E-state index in [2.05, 4.69) is 0 Å². The zero-order valence-corrected chi connectivity index (χ0v) is 11.1. The van der Waals surface area contributed by atoms with E-state index in [0.29, 0.717) is 12.0 Å². The van der Waals surface area contributed by atoms with Crippen LogP contribution in [0.4, 0.5) is 4.39 Å². The second-order valence-electron chi connectivity index (χ2n) is 5.39. The van der Waals surface area contributed by atoms with Gasteiger partial charge in [0.1, 0.15) is 5.82 Å². The molecule has 4 heteroatoms. The first-order valence-electron chi connectivity index (χ1n) is 5.60. The van der Waals surface area contributed by atoms with Crippen molar-refractivity contribution in [2.24, 2.45) is 11.1 Å². The quantitative estimate of drug-likeness (QED) is 0.875. The first-order valence-corrected chi connectivity index (χ1v) is 5.98. The number of hydrogen-bond donors (Lipinski definition) is 2. The maximum Gasteiger partial charge on any atom is 0.124 e. The highest BCUT2D eigenvalue weighted by molar-refractivity contribution is 6.31. The number of aliphatic hydroxyl groups excluding tert-OH is 1. The van der Waals surface area contributed by atoms with Crippen LogP contribution in [0.1, 0.15) is 38.9 Å². The molecule has 1 rings (SSSR count). The standard InChI is InChI=1S/C13H19ClFNO/c1-13(2,3)12(16)7-11(17)9-5-4-8(15)6-10(9)14/h4-6,11-12,17H,7,16H2,1-3H3/t11-,12+/m1/s1. The van der Waals surface area contributed by atoms with E-state index in [4.69, 9.17) is 17.3 Å². The molecule has 1 aromatic carbocycles. The highest BCUT2D eigenvalue weighted by atomic mass is 35.5. The average Bonchev–Trinajstić information content (AvgIpc) is 2.15. The molecule has 0 radical (unpaired) electrons. The van der Waals surface area contributed by atoms with Crippen LogP contribution in [0.25, 0.3) is 0 Å². The van der Waals surface area contributed by atoms with Crippen LogP contribution in [0.15, 0.2) is 18.2 Å². The van der Waals surface area contributed by atoms with Gasteiger partial charge in [-0.2, -0.15) is 0 Å². The van der Waals surface area contributed by atoms with Crippen molar-refractivity contribution in [1.29, 1.82) is 0 Å². The fourth-order valence-corrected chi connectivity index (χ4v) is 1.79. The van der Waals surface area contributed by atoms with Crippen LogP contribution in [0.5, 0.6) is 0 Å². The van der Waals surface area contributed by atoms with Crippen molar-refractivity contribution >= 4 is 11.6 Å². The van der Waals surface area contributed by atoms with E-state index in [-0.39, 0.29) is 16.5 Å². The maximum atomic E-state index is 12.9. The van der Waals surface area contributed by atoms with Gasteiger partial charge in [0.15, 0.2) is 0 Å². The monoisotopic (exact) mass is 259 g/mol. The van der Waals surface area contributed by atoms with Crippen molar-refractivity contribution in [2.75, 3.05) is 0 Å². The molecule has 0 spiro atoms. The van der Waals surface area contributed by atoms with Crippen LogP contribution in [0.3, 0.4) is 0 Å². The lowest BCUT2D eigenvalue weighted by Crippen LogP contribution is -2.36. The molecular weight excluding hydrogens is 241 g/mol. The Morgan fingerprint density at radius 3 is 2.47 bits per heavy atom. The number of hydrogen-bond acceptors (Lipinski definition) is 2. The van der Waals surface area contributed by atoms with Gasteiger partial charge in [-0.1, -0.05) is 38.4 Å². The Morgan fingerprint density at radius 2 is 2.00 bits per heavy atom. The number of benzene rings is 1. The summed E-state index contributed by atoms with van der Waals surface area (Å²) in [4.78, 5) is 0. The van der Waals surface area contributed by atoms with Gasteiger partial charge in [-0.05, 0) is 29.5 Å². The fourth-order valence-electron chi connectivity index (χ4n) is 1.49. The first kappa shape index (κ1) is 14.4. The summed E-state index contributed by atoms with van der Waals surface area (Å²) in [5.74, 6) is -0.411. The Hall–Kier alpha value is -0.640. The summed E-state index contributed by atoms with van der Waals surface area (Å²) in [7, 11) is 0. The SMILES string of the molecule is CC(C)(C)[C@@H](N)C[C@@H](O)c1ccc(F)cc1Cl. The van der Waals surface area contributed by atoms with Gasteiger partial charge in [-0.25, -0.2) is 4.39 Å². The van der Waals surface area contributed by atoms with Crippen molar-refractivity contribution < 1.29 is 9.50 Å². The summed E-state index contributed by atoms with van der Waals surface area (Å²) in [6.07, 6.45) is -0.369. The van der Waals surface area contributed by atoms with Crippen LogP contribution < -0.4 is 5.73 Å². The molecule has 0 saturated heterocycles. The van der Waals surface area contributed by atoms with E-state index in [9.17, 15) is 9.50 Å². The van der Waals surface area contributed by atoms with Gasteiger partial charge in [0.25, 0.3) is 0 Å². The molecule has 0 fully saturated rings. The largest absolute Gasteiger partial charge is 0.388 e. The molecule has 1 aromatic rings. The second-order valence-corrected chi connectivity index (χ2v) is 5.80. The van der Waals surface area contributed by atoms with Crippen LogP contribution in [0, 0.1) is 11.2 Å². The average molecular weight is 260 g/mol. The number of halogens is 2. The Kier molecular flexibility index (Phi) is 4.53. The minimum Gasteiger partial charge on any atom is -0.388 e. The van der Waals surface area contributed by atoms with E-state index >= 15 is 0 Å². The van der Waals surface area contributed by atoms with Crippen LogP contribution in [-0.4, -0.2) is 11.1 Å². The zero-order valence-electron chi connectivity index (χ0n) is 10.4. The topological polar surface area (TPSA) is 46.2 Å². The van der Waals surface area contributed by atoms with E-state index in [1.165, 1.54) is 18.2 Å². The molecule has 0 aliphatic rings. The van der Waals surface area contributed by atoms with E-state index in [0.717, 1.165) is 0 Å². The van der Waals surface area contributed by atoms with Crippen molar-refractivity contribution in [3.63, 3.8) is 0 Å². The predicted molar refractivity (Wildman–Crippen MR) is 68.4 cm³/mol. The minimum atomic E-state index is -0.766. The molecule has 96 valence electrons. The zero-order chi connectivity index (χ0) is 13.2. The van der Waals surface area contributed by atoms with Gasteiger partial charge in [-0.15, -0.1) is 0 Å². The Labute approximate surface area is 107 Å². The molecule has 0 aliphatic carbocycles. The third-order valence-electron chi connectivity index (χ3n) is 2.91. The van der Waals surface area contributed by atoms with Crippen LogP contribution in [-0.2, 0) is 0 Å². The summed E-state index contributed by atoms with van der Waals surface area (Å²) >= 11 is 5.88. The molecule has 2 atom stereocenters. The molecule has 0 saturated carbocycles. The van der Waals surface area contributed by atoms with E-state index in [1.54, 1.807) is 0 Å². The lowest BCUT2D eigenvalue weighted by molar-refractivity contribution is 0.133. The molecule has 0 amide bonds. The predicted octanol–water partition coefficient (Wildman–Crippen LogP) is 3.28. The lowest BCUT2D eigenvalue weighted by atomic mass is 9.83. The van der Waals surface area contributed by atoms with Crippen molar-refractivity contribution in [3.05, 3.63) is 34.6 Å². The van der Waals surface area contributed by atoms with Crippen molar-refractivity contribution in [2.45, 2.75) is 39.3 Å². The van der Waals surface area contributed by atoms with Crippen molar-refractivity contribution in [1.82, 2.24) is 0 Å². The summed E-state index contributed by atoms with van der Waals surface area (Å²) in [6.45, 7) is 6.03. The molecule has 0 bridgehead atoms. The van der Waals surface area contributed by atoms with Crippen LogP contribution >= 0.6 is 11.6 Å². The Balaban J connectivity index is 2.80. The Bertz CT molecular complexity index is 389. The first-order chi connectivity index (χ1) is 7.71. The van der Waals surface area contributed by atoms with Crippen LogP contribution in [0.2, 0.25) is 5.02 Å². The molecule has 0 heterocycles. The van der Waals surface area contributed by atoms with Gasteiger partial charge in [0.2, 0.25) is 0 Å². The molecule has 0 aliphatic heterocycles.